The number of nitrogens with one attached hydrogen (secondary N) is 2. The normalized spacial score (nSPS) is 17.5. The highest BCUT2D eigenvalue weighted by atomic mass is 15.2. The standard InChI is InChI=1S/C52H40N4/c1-4-16-35(17-5-1)45-34-46(36-18-6-2-7-19-36)54-52(53-45)37-28-30-39(31-29-37)56-48-26-14-11-23-41(48)43-33-32-42-40-22-10-13-25-47(40)55(38-20-8-3-9-21-38)49-27-15-12-24-44(49)50(42)51(43)56/h1-12,14-24,26-34,45,52-54H,13,25H2. The number of fused-ring (bicyclic) bond motifs is 8. The minimum atomic E-state index is -0.0804. The Kier molecular flexibility index (Phi) is 7.82. The van der Waals surface area contributed by atoms with Crippen LogP contribution in [0.15, 0.2) is 200 Å². The van der Waals surface area contributed by atoms with Gasteiger partial charge in [0, 0.05) is 50.2 Å². The maximum absolute atomic E-state index is 3.89. The van der Waals surface area contributed by atoms with E-state index in [1.54, 1.807) is 0 Å². The summed E-state index contributed by atoms with van der Waals surface area (Å²) in [4.78, 5) is 2.51. The first-order valence-electron chi connectivity index (χ1n) is 19.7. The summed E-state index contributed by atoms with van der Waals surface area (Å²) in [6.45, 7) is 0. The van der Waals surface area contributed by atoms with Gasteiger partial charge in [-0.2, -0.15) is 0 Å². The quantitative estimate of drug-likeness (QED) is 0.186. The summed E-state index contributed by atoms with van der Waals surface area (Å²) in [5.41, 5.74) is 17.1. The van der Waals surface area contributed by atoms with E-state index in [0.717, 1.165) is 24.2 Å². The monoisotopic (exact) mass is 720 g/mol. The molecule has 7 aromatic carbocycles. The molecule has 1 aromatic heterocycles. The summed E-state index contributed by atoms with van der Waals surface area (Å²) >= 11 is 0. The molecule has 2 N–H and O–H groups in total. The van der Waals surface area contributed by atoms with E-state index in [-0.39, 0.29) is 12.2 Å². The van der Waals surface area contributed by atoms with Gasteiger partial charge < -0.3 is 14.8 Å². The molecule has 0 saturated carbocycles. The molecule has 2 unspecified atom stereocenters. The summed E-state index contributed by atoms with van der Waals surface area (Å²) in [5, 5.41) is 10.2. The largest absolute Gasteiger partial charge is 0.366 e. The van der Waals surface area contributed by atoms with Gasteiger partial charge >= 0.3 is 0 Å². The van der Waals surface area contributed by atoms with E-state index in [9.17, 15) is 0 Å². The van der Waals surface area contributed by atoms with Crippen LogP contribution in [0.1, 0.15) is 47.3 Å². The highest BCUT2D eigenvalue weighted by Gasteiger charge is 2.31. The van der Waals surface area contributed by atoms with Crippen LogP contribution in [0, 0.1) is 0 Å². The van der Waals surface area contributed by atoms with Crippen LogP contribution in [0.3, 0.4) is 0 Å². The van der Waals surface area contributed by atoms with Crippen LogP contribution in [-0.2, 0) is 0 Å². The van der Waals surface area contributed by atoms with Crippen molar-refractivity contribution in [2.45, 2.75) is 25.0 Å². The molecular formula is C52H40N4. The molecule has 2 atom stereocenters. The Balaban J connectivity index is 1.09. The van der Waals surface area contributed by atoms with Crippen molar-refractivity contribution in [1.29, 1.82) is 0 Å². The van der Waals surface area contributed by atoms with Crippen molar-refractivity contribution in [1.82, 2.24) is 15.2 Å². The number of allylic oxidation sites excluding steroid dienone is 4. The van der Waals surface area contributed by atoms with Gasteiger partial charge in [0.05, 0.1) is 22.8 Å². The lowest BCUT2D eigenvalue weighted by atomic mass is 9.89. The van der Waals surface area contributed by atoms with Crippen LogP contribution < -0.4 is 15.5 Å². The summed E-state index contributed by atoms with van der Waals surface area (Å²) < 4.78 is 2.50. The van der Waals surface area contributed by atoms with Gasteiger partial charge in [0.25, 0.3) is 0 Å². The van der Waals surface area contributed by atoms with Crippen molar-refractivity contribution in [3.05, 3.63) is 222 Å². The average molecular weight is 721 g/mol. The lowest BCUT2D eigenvalue weighted by molar-refractivity contribution is 0.442. The third-order valence-electron chi connectivity index (χ3n) is 11.7. The summed E-state index contributed by atoms with van der Waals surface area (Å²) in [5.74, 6) is 0. The van der Waals surface area contributed by atoms with Crippen molar-refractivity contribution < 1.29 is 0 Å². The fourth-order valence-corrected chi connectivity index (χ4v) is 9.13. The number of hydrogen-bond donors (Lipinski definition) is 2. The van der Waals surface area contributed by atoms with Gasteiger partial charge in [-0.1, -0.05) is 152 Å². The minimum Gasteiger partial charge on any atom is -0.366 e. The molecule has 8 aromatic rings. The van der Waals surface area contributed by atoms with Crippen LogP contribution in [0.25, 0.3) is 49.9 Å². The molecule has 11 rings (SSSR count). The first-order chi connectivity index (χ1) is 27.8. The van der Waals surface area contributed by atoms with Crippen molar-refractivity contribution in [2.24, 2.45) is 0 Å². The Bertz CT molecular complexity index is 2850. The Morgan fingerprint density at radius 1 is 0.554 bits per heavy atom. The number of anilines is 2. The van der Waals surface area contributed by atoms with Crippen molar-refractivity contribution in [3.63, 3.8) is 0 Å². The molecule has 0 spiro atoms. The topological polar surface area (TPSA) is 32.2 Å². The minimum absolute atomic E-state index is 0.0636. The highest BCUT2D eigenvalue weighted by molar-refractivity contribution is 6.17. The third-order valence-corrected chi connectivity index (χ3v) is 11.7. The molecule has 3 heterocycles. The Hall–Kier alpha value is -6.88. The van der Waals surface area contributed by atoms with Gasteiger partial charge in [0.2, 0.25) is 0 Å². The second-order valence-electron chi connectivity index (χ2n) is 14.9. The average Bonchev–Trinajstić information content (AvgIpc) is 3.55. The van der Waals surface area contributed by atoms with E-state index in [0.29, 0.717) is 0 Å². The second kappa shape index (κ2) is 13.5. The second-order valence-corrected chi connectivity index (χ2v) is 14.9. The number of benzene rings is 7. The van der Waals surface area contributed by atoms with Crippen LogP contribution in [-0.4, -0.2) is 4.57 Å². The molecule has 0 fully saturated rings. The zero-order chi connectivity index (χ0) is 37.0. The van der Waals surface area contributed by atoms with Gasteiger partial charge in [0.1, 0.15) is 6.17 Å². The predicted octanol–water partition coefficient (Wildman–Crippen LogP) is 12.6. The van der Waals surface area contributed by atoms with E-state index in [1.165, 1.54) is 77.8 Å². The van der Waals surface area contributed by atoms with Gasteiger partial charge in [-0.3, -0.25) is 5.32 Å². The first-order valence-corrected chi connectivity index (χ1v) is 19.7. The Morgan fingerprint density at radius 3 is 2.09 bits per heavy atom. The lowest BCUT2D eigenvalue weighted by Crippen LogP contribution is -2.39. The van der Waals surface area contributed by atoms with E-state index in [2.05, 4.69) is 214 Å². The van der Waals surface area contributed by atoms with Crippen molar-refractivity contribution in [2.75, 3.05) is 4.90 Å². The maximum Gasteiger partial charge on any atom is 0.104 e. The zero-order valence-corrected chi connectivity index (χ0v) is 30.9. The fraction of sp³-hybridized carbons (Fsp3) is 0.0769. The Labute approximate surface area is 327 Å². The lowest BCUT2D eigenvalue weighted by Gasteiger charge is -2.33. The number of nitrogens with zero attached hydrogens (tertiary/aromatic N) is 2. The molecule has 2 aliphatic heterocycles. The SMILES string of the molecule is C1=CC2=C(CC1)N(c1ccccc1)c1ccccc1-c1c2ccc2c3ccccc3n(-c3ccc(C4NC(c5ccccc5)=CC(c5ccccc5)N4)cc3)c12. The van der Waals surface area contributed by atoms with Gasteiger partial charge in [-0.15, -0.1) is 0 Å². The highest BCUT2D eigenvalue weighted by Crippen LogP contribution is 2.51. The number of rotatable bonds is 5. The summed E-state index contributed by atoms with van der Waals surface area (Å²) in [7, 11) is 0. The first kappa shape index (κ1) is 32.5. The van der Waals surface area contributed by atoms with Gasteiger partial charge in [0.15, 0.2) is 0 Å². The maximum atomic E-state index is 3.89. The van der Waals surface area contributed by atoms with E-state index in [4.69, 9.17) is 0 Å². The summed E-state index contributed by atoms with van der Waals surface area (Å²) in [6, 6.07) is 64.0. The van der Waals surface area contributed by atoms with E-state index < -0.39 is 0 Å². The van der Waals surface area contributed by atoms with Crippen LogP contribution in [0.4, 0.5) is 11.4 Å². The summed E-state index contributed by atoms with van der Waals surface area (Å²) in [6.07, 6.45) is 8.92. The molecule has 56 heavy (non-hydrogen) atoms. The molecule has 0 bridgehead atoms. The molecule has 0 saturated heterocycles. The van der Waals surface area contributed by atoms with Crippen molar-refractivity contribution in [3.8, 4) is 16.8 Å². The molecule has 0 amide bonds. The molecule has 0 radical (unpaired) electrons. The van der Waals surface area contributed by atoms with Crippen LogP contribution in [0.5, 0.6) is 0 Å². The van der Waals surface area contributed by atoms with Crippen LogP contribution >= 0.6 is 0 Å². The van der Waals surface area contributed by atoms with Gasteiger partial charge in [-0.25, -0.2) is 0 Å². The fourth-order valence-electron chi connectivity index (χ4n) is 9.13. The van der Waals surface area contributed by atoms with Gasteiger partial charge in [-0.05, 0) is 77.6 Å². The zero-order valence-electron chi connectivity index (χ0n) is 30.9. The third kappa shape index (κ3) is 5.33. The van der Waals surface area contributed by atoms with Crippen molar-refractivity contribution >= 4 is 44.5 Å². The molecule has 4 heteroatoms. The Morgan fingerprint density at radius 2 is 1.27 bits per heavy atom. The molecule has 4 nitrogen and oxygen atoms in total. The van der Waals surface area contributed by atoms with E-state index in [1.807, 2.05) is 0 Å². The molecular weight excluding hydrogens is 681 g/mol. The van der Waals surface area contributed by atoms with E-state index >= 15 is 0 Å². The molecule has 1 aliphatic carbocycles. The smallest absolute Gasteiger partial charge is 0.104 e. The number of para-hydroxylation sites is 3. The molecule has 268 valence electrons. The molecule has 3 aliphatic rings. The predicted molar refractivity (Wildman–Crippen MR) is 233 cm³/mol. The van der Waals surface area contributed by atoms with Crippen LogP contribution in [0.2, 0.25) is 0 Å². The number of aromatic nitrogens is 1. The number of hydrogen-bond acceptors (Lipinski definition) is 3.